The van der Waals surface area contributed by atoms with Crippen LogP contribution >= 0.6 is 5.57 Å². The summed E-state index contributed by atoms with van der Waals surface area (Å²) >= 11 is 0.678. The van der Waals surface area contributed by atoms with E-state index >= 15 is 0 Å². The summed E-state index contributed by atoms with van der Waals surface area (Å²) in [4.78, 5) is 0. The van der Waals surface area contributed by atoms with Crippen LogP contribution in [-0.4, -0.2) is 22.0 Å². The monoisotopic (exact) mass is 424 g/mol. The fraction of sp³-hybridized carbons (Fsp3) is 0.0476. The molecule has 4 rings (SSSR count). The average molecular weight is 423 g/mol. The molecule has 1 aliphatic carbocycles. The van der Waals surface area contributed by atoms with Gasteiger partial charge in [-0.25, -0.2) is 0 Å². The Labute approximate surface area is 152 Å². The molecule has 1 aliphatic rings. The Kier molecular flexibility index (Phi) is 6.07. The quantitative estimate of drug-likeness (QED) is 0.436. The zero-order valence-corrected chi connectivity index (χ0v) is 20.0. The third kappa shape index (κ3) is 4.56. The van der Waals surface area contributed by atoms with Crippen molar-refractivity contribution < 1.29 is 0 Å². The van der Waals surface area contributed by atoms with Crippen LogP contribution < -0.4 is 10.6 Å². The summed E-state index contributed by atoms with van der Waals surface area (Å²) in [6, 6.07) is 30.3. The molecule has 0 atom stereocenters. The van der Waals surface area contributed by atoms with Crippen LogP contribution in [0.25, 0.3) is 6.08 Å². The molecule has 0 bridgehead atoms. The Morgan fingerprint density at radius 3 is 1.74 bits per heavy atom. The fourth-order valence-electron chi connectivity index (χ4n) is 2.65. The first-order valence-electron chi connectivity index (χ1n) is 7.93. The van der Waals surface area contributed by atoms with Crippen LogP contribution in [0.15, 0.2) is 91.0 Å². The Bertz CT molecular complexity index is 727. The first kappa shape index (κ1) is 16.5. The minimum atomic E-state index is 0.0392. The van der Waals surface area contributed by atoms with E-state index in [1.165, 1.54) is 21.7 Å². The molecule has 0 saturated heterocycles. The molecule has 0 unspecified atom stereocenters. The third-order valence-electron chi connectivity index (χ3n) is 3.98. The summed E-state index contributed by atoms with van der Waals surface area (Å²) in [6.45, 7) is 0. The van der Waals surface area contributed by atoms with E-state index in [0.717, 1.165) is 6.42 Å². The topological polar surface area (TPSA) is 0 Å². The summed E-state index contributed by atoms with van der Waals surface area (Å²) in [5.74, 6) is 0. The number of hydrogen-bond acceptors (Lipinski definition) is 0. The second-order valence-electron chi connectivity index (χ2n) is 5.54. The van der Waals surface area contributed by atoms with Crippen molar-refractivity contribution in [3.8, 4) is 0 Å². The molecule has 3 aromatic rings. The average Bonchev–Trinajstić information content (AvgIpc) is 3.12. The van der Waals surface area contributed by atoms with Crippen molar-refractivity contribution >= 4 is 44.2 Å². The van der Waals surface area contributed by atoms with Crippen LogP contribution in [0.1, 0.15) is 11.1 Å². The van der Waals surface area contributed by atoms with Crippen molar-refractivity contribution in [3.05, 3.63) is 102 Å². The summed E-state index contributed by atoms with van der Waals surface area (Å²) in [6.07, 6.45) is 5.50. The fourth-order valence-corrected chi connectivity index (χ4v) is 9.29. The standard InChI is InChI=1S/C12H10P.C9H8.Sn.3H/c1-3-7-11(8-4-1)13-12-9-5-2-6-10-12;1-2-5-9-7-3-6-8(9)4-1;;;;/h1-10H;1-6H,7H2;;;;/q-1;;+1;;;. The molecule has 23 heavy (non-hydrogen) atoms. The van der Waals surface area contributed by atoms with Gasteiger partial charge in [0.25, 0.3) is 0 Å². The van der Waals surface area contributed by atoms with Crippen LogP contribution in [0.5, 0.6) is 0 Å². The molecule has 114 valence electrons. The molecule has 3 aromatic carbocycles. The predicted molar refractivity (Wildman–Crippen MR) is 108 cm³/mol. The molecule has 0 spiro atoms. The molecule has 0 aliphatic heterocycles. The normalized spacial score (nSPS) is 11.9. The van der Waals surface area contributed by atoms with Crippen LogP contribution in [-0.2, 0) is 6.42 Å². The molecule has 0 aromatic heterocycles. The molecule has 2 heteroatoms. The van der Waals surface area contributed by atoms with Gasteiger partial charge >= 0.3 is 98.8 Å². The number of fused-ring (bicyclic) bond motifs is 1. The summed E-state index contributed by atoms with van der Waals surface area (Å²) in [7, 11) is 0. The van der Waals surface area contributed by atoms with Crippen molar-refractivity contribution in [1.29, 1.82) is 0 Å². The molecule has 0 heterocycles. The first-order valence-corrected chi connectivity index (χ1v) is 17.4. The van der Waals surface area contributed by atoms with Crippen LogP contribution in [0.3, 0.4) is 0 Å². The molecule has 0 radical (unpaired) electrons. The Morgan fingerprint density at radius 1 is 0.652 bits per heavy atom. The maximum absolute atomic E-state index is 2.26. The zero-order chi connectivity index (χ0) is 15.9. The van der Waals surface area contributed by atoms with Crippen LogP contribution in [0.4, 0.5) is 0 Å². The minimum absolute atomic E-state index is 0.0392. The molecule has 0 N–H and O–H groups in total. The number of benzene rings is 3. The first-order chi connectivity index (χ1) is 11.3. The van der Waals surface area contributed by atoms with Gasteiger partial charge < -0.3 is 0 Å². The van der Waals surface area contributed by atoms with Gasteiger partial charge in [0.2, 0.25) is 0 Å². The van der Waals surface area contributed by atoms with Crippen molar-refractivity contribution in [2.45, 2.75) is 6.42 Å². The van der Waals surface area contributed by atoms with Crippen LogP contribution in [0.2, 0.25) is 0 Å². The van der Waals surface area contributed by atoms with E-state index < -0.39 is 0 Å². The van der Waals surface area contributed by atoms with Gasteiger partial charge in [-0.1, -0.05) is 36.4 Å². The van der Waals surface area contributed by atoms with E-state index in [1.54, 1.807) is 0 Å². The zero-order valence-electron chi connectivity index (χ0n) is 13.4. The summed E-state index contributed by atoms with van der Waals surface area (Å²) in [5.41, 5.74) is 2.88. The van der Waals surface area contributed by atoms with Gasteiger partial charge in [0.05, 0.1) is 0 Å². The second-order valence-corrected chi connectivity index (χ2v) is 15.3. The molecular formula is C21H21PSn. The summed E-state index contributed by atoms with van der Waals surface area (Å²) in [5, 5.41) is 3.06. The van der Waals surface area contributed by atoms with Crippen molar-refractivity contribution in [1.82, 2.24) is 0 Å². The molecule has 0 nitrogen and oxygen atoms in total. The van der Waals surface area contributed by atoms with Crippen molar-refractivity contribution in [2.24, 2.45) is 0 Å². The van der Waals surface area contributed by atoms with Gasteiger partial charge in [-0.3, -0.25) is 0 Å². The third-order valence-corrected chi connectivity index (χ3v) is 15.0. The van der Waals surface area contributed by atoms with E-state index in [1.807, 2.05) is 0 Å². The van der Waals surface area contributed by atoms with E-state index in [4.69, 9.17) is 0 Å². The predicted octanol–water partition coefficient (Wildman–Crippen LogP) is 3.66. The molecule has 0 amide bonds. The van der Waals surface area contributed by atoms with Gasteiger partial charge in [0.1, 0.15) is 0 Å². The SMILES string of the molecule is C1=Cc2ccccc2C1.[SnH3][P](c1ccccc1)c1ccccc1. The van der Waals surface area contributed by atoms with E-state index in [9.17, 15) is 0 Å². The van der Waals surface area contributed by atoms with Gasteiger partial charge in [-0.05, 0) is 17.5 Å². The second kappa shape index (κ2) is 8.47. The Morgan fingerprint density at radius 2 is 1.17 bits per heavy atom. The van der Waals surface area contributed by atoms with E-state index in [-0.39, 0.29) is 5.57 Å². The number of hydrogen-bond donors (Lipinski definition) is 0. The van der Waals surface area contributed by atoms with Gasteiger partial charge in [0, 0.05) is 0 Å². The number of rotatable bonds is 2. The Hall–Kier alpha value is -1.37. The molecular weight excluding hydrogens is 402 g/mol. The van der Waals surface area contributed by atoms with E-state index in [2.05, 4.69) is 97.1 Å². The molecule has 0 fully saturated rings. The van der Waals surface area contributed by atoms with Crippen molar-refractivity contribution in [3.63, 3.8) is 0 Å². The van der Waals surface area contributed by atoms with Gasteiger partial charge in [0.15, 0.2) is 0 Å². The van der Waals surface area contributed by atoms with E-state index in [0.29, 0.717) is 22.0 Å². The Balaban J connectivity index is 0.000000149. The van der Waals surface area contributed by atoms with Gasteiger partial charge in [-0.2, -0.15) is 0 Å². The van der Waals surface area contributed by atoms with Crippen molar-refractivity contribution in [2.75, 3.05) is 0 Å². The number of allylic oxidation sites excluding steroid dienone is 1. The summed E-state index contributed by atoms with van der Waals surface area (Å²) < 4.78 is 0. The maximum atomic E-state index is 2.26. The van der Waals surface area contributed by atoms with Gasteiger partial charge in [-0.15, -0.1) is 0 Å². The molecule has 0 saturated carbocycles. The van der Waals surface area contributed by atoms with Crippen LogP contribution in [0, 0.1) is 0 Å².